The van der Waals surface area contributed by atoms with Crippen LogP contribution >= 0.6 is 39.1 Å². The van der Waals surface area contributed by atoms with Crippen molar-refractivity contribution < 1.29 is 4.74 Å². The van der Waals surface area contributed by atoms with E-state index in [4.69, 9.17) is 27.9 Å². The smallest absolute Gasteiger partial charge is 0.0471 e. The molecule has 0 N–H and O–H groups in total. The highest BCUT2D eigenvalue weighted by molar-refractivity contribution is 9.10. The van der Waals surface area contributed by atoms with E-state index in [9.17, 15) is 0 Å². The lowest BCUT2D eigenvalue weighted by atomic mass is 9.81. The summed E-state index contributed by atoms with van der Waals surface area (Å²) >= 11 is 15.8. The number of benzene rings is 1. The minimum absolute atomic E-state index is 0.223. The molecule has 0 saturated carbocycles. The Morgan fingerprint density at radius 3 is 2.38 bits per heavy atom. The number of rotatable bonds is 6. The van der Waals surface area contributed by atoms with E-state index in [0.717, 1.165) is 16.5 Å². The van der Waals surface area contributed by atoms with Crippen molar-refractivity contribution in [2.24, 2.45) is 0 Å². The summed E-state index contributed by atoms with van der Waals surface area (Å²) in [5.41, 5.74) is 0.927. The van der Waals surface area contributed by atoms with Gasteiger partial charge in [-0.25, -0.2) is 0 Å². The molecule has 1 nitrogen and oxygen atoms in total. The molecule has 1 aromatic rings. The molecular weight excluding hydrogens is 311 g/mol. The summed E-state index contributed by atoms with van der Waals surface area (Å²) in [6, 6.07) is 8.05. The SMILES string of the molecule is COCCC(CCl)(CCl)c1ccccc1Br. The van der Waals surface area contributed by atoms with E-state index in [0.29, 0.717) is 18.4 Å². The van der Waals surface area contributed by atoms with Crippen LogP contribution in [-0.4, -0.2) is 25.5 Å². The number of methoxy groups -OCH3 is 1. The second kappa shape index (κ2) is 6.85. The third-order valence-corrected chi connectivity index (χ3v) is 4.46. The molecule has 0 fully saturated rings. The van der Waals surface area contributed by atoms with Gasteiger partial charge in [0.1, 0.15) is 0 Å². The summed E-state index contributed by atoms with van der Waals surface area (Å²) in [6.45, 7) is 0.654. The fourth-order valence-electron chi connectivity index (χ4n) is 1.64. The first-order valence-electron chi connectivity index (χ1n) is 5.06. The predicted octanol–water partition coefficient (Wildman–Crippen LogP) is 4.20. The van der Waals surface area contributed by atoms with Crippen molar-refractivity contribution in [3.63, 3.8) is 0 Å². The first-order valence-corrected chi connectivity index (χ1v) is 6.92. The lowest BCUT2D eigenvalue weighted by Crippen LogP contribution is -2.32. The molecule has 0 spiro atoms. The molecule has 4 heteroatoms. The Labute approximate surface area is 115 Å². The zero-order valence-electron chi connectivity index (χ0n) is 9.18. The molecule has 0 atom stereocenters. The van der Waals surface area contributed by atoms with Crippen LogP contribution in [0.1, 0.15) is 12.0 Å². The summed E-state index contributed by atoms with van der Waals surface area (Å²) in [4.78, 5) is 0. The van der Waals surface area contributed by atoms with Crippen LogP contribution < -0.4 is 0 Å². The third-order valence-electron chi connectivity index (χ3n) is 2.74. The molecule has 16 heavy (non-hydrogen) atoms. The van der Waals surface area contributed by atoms with Gasteiger partial charge >= 0.3 is 0 Å². The Balaban J connectivity index is 3.05. The summed E-state index contributed by atoms with van der Waals surface area (Å²) in [7, 11) is 1.69. The molecule has 1 aromatic carbocycles. The van der Waals surface area contributed by atoms with Gasteiger partial charge in [-0.1, -0.05) is 34.1 Å². The van der Waals surface area contributed by atoms with Gasteiger partial charge in [0.25, 0.3) is 0 Å². The molecule has 0 heterocycles. The van der Waals surface area contributed by atoms with Gasteiger partial charge in [0.2, 0.25) is 0 Å². The Kier molecular flexibility index (Phi) is 6.12. The normalized spacial score (nSPS) is 11.8. The van der Waals surface area contributed by atoms with Crippen LogP contribution in [0.25, 0.3) is 0 Å². The molecule has 0 aliphatic heterocycles. The first-order chi connectivity index (χ1) is 7.70. The van der Waals surface area contributed by atoms with Crippen molar-refractivity contribution in [1.29, 1.82) is 0 Å². The highest BCUT2D eigenvalue weighted by Gasteiger charge is 2.31. The highest BCUT2D eigenvalue weighted by Crippen LogP contribution is 2.35. The maximum absolute atomic E-state index is 6.11. The summed E-state index contributed by atoms with van der Waals surface area (Å²) in [5.74, 6) is 0.977. The van der Waals surface area contributed by atoms with Crippen molar-refractivity contribution in [1.82, 2.24) is 0 Å². The van der Waals surface area contributed by atoms with Gasteiger partial charge in [-0.3, -0.25) is 0 Å². The molecule has 1 rings (SSSR count). The second-order valence-corrected chi connectivity index (χ2v) is 5.16. The molecule has 0 radical (unpaired) electrons. The average Bonchev–Trinajstić information content (AvgIpc) is 2.33. The Hall–Kier alpha value is 0.240. The molecule has 0 amide bonds. The van der Waals surface area contributed by atoms with Crippen LogP contribution in [0.5, 0.6) is 0 Å². The fraction of sp³-hybridized carbons (Fsp3) is 0.500. The molecular formula is C12H15BrCl2O. The molecule has 0 bridgehead atoms. The van der Waals surface area contributed by atoms with Gasteiger partial charge < -0.3 is 4.74 Å². The molecule has 0 aliphatic carbocycles. The Bertz CT molecular complexity index is 327. The van der Waals surface area contributed by atoms with Crippen LogP contribution in [0.3, 0.4) is 0 Å². The molecule has 0 saturated heterocycles. The molecule has 90 valence electrons. The van der Waals surface area contributed by atoms with Gasteiger partial charge in [0.15, 0.2) is 0 Å². The summed E-state index contributed by atoms with van der Waals surface area (Å²) < 4.78 is 6.18. The number of hydrogen-bond donors (Lipinski definition) is 0. The number of ether oxygens (including phenoxy) is 1. The van der Waals surface area contributed by atoms with Crippen molar-refractivity contribution >= 4 is 39.1 Å². The molecule has 0 aromatic heterocycles. The van der Waals surface area contributed by atoms with Crippen molar-refractivity contribution in [3.05, 3.63) is 34.3 Å². The molecule has 0 unspecified atom stereocenters. The van der Waals surface area contributed by atoms with Crippen molar-refractivity contribution in [2.75, 3.05) is 25.5 Å². The topological polar surface area (TPSA) is 9.23 Å². The zero-order chi connectivity index (χ0) is 12.0. The summed E-state index contributed by atoms with van der Waals surface area (Å²) in [6.07, 6.45) is 0.819. The quantitative estimate of drug-likeness (QED) is 0.712. The Morgan fingerprint density at radius 2 is 1.88 bits per heavy atom. The van der Waals surface area contributed by atoms with Crippen LogP contribution in [0.4, 0.5) is 0 Å². The standard InChI is InChI=1S/C12H15BrCl2O/c1-16-7-6-12(8-14,9-15)10-4-2-3-5-11(10)13/h2-5H,6-9H2,1H3. The maximum atomic E-state index is 6.11. The number of halogens is 3. The van der Waals surface area contributed by atoms with E-state index in [1.807, 2.05) is 18.2 Å². The Morgan fingerprint density at radius 1 is 1.25 bits per heavy atom. The third kappa shape index (κ3) is 3.13. The maximum Gasteiger partial charge on any atom is 0.0471 e. The van der Waals surface area contributed by atoms with Crippen LogP contribution in [0, 0.1) is 0 Å². The van der Waals surface area contributed by atoms with E-state index >= 15 is 0 Å². The van der Waals surface area contributed by atoms with Crippen molar-refractivity contribution in [2.45, 2.75) is 11.8 Å². The monoisotopic (exact) mass is 324 g/mol. The van der Waals surface area contributed by atoms with Gasteiger partial charge in [0, 0.05) is 35.4 Å². The van der Waals surface area contributed by atoms with E-state index in [1.54, 1.807) is 7.11 Å². The lowest BCUT2D eigenvalue weighted by molar-refractivity contribution is 0.176. The van der Waals surface area contributed by atoms with Gasteiger partial charge in [-0.15, -0.1) is 23.2 Å². The van der Waals surface area contributed by atoms with E-state index < -0.39 is 0 Å². The molecule has 0 aliphatic rings. The minimum Gasteiger partial charge on any atom is -0.385 e. The fourth-order valence-corrected chi connectivity index (χ4v) is 3.18. The zero-order valence-corrected chi connectivity index (χ0v) is 12.3. The van der Waals surface area contributed by atoms with Gasteiger partial charge in [-0.05, 0) is 18.1 Å². The largest absolute Gasteiger partial charge is 0.385 e. The second-order valence-electron chi connectivity index (χ2n) is 3.77. The average molecular weight is 326 g/mol. The van der Waals surface area contributed by atoms with E-state index in [-0.39, 0.29) is 5.41 Å². The van der Waals surface area contributed by atoms with Crippen LogP contribution in [0.2, 0.25) is 0 Å². The number of alkyl halides is 2. The van der Waals surface area contributed by atoms with Crippen LogP contribution in [0.15, 0.2) is 28.7 Å². The van der Waals surface area contributed by atoms with E-state index in [2.05, 4.69) is 22.0 Å². The lowest BCUT2D eigenvalue weighted by Gasteiger charge is -2.31. The first kappa shape index (κ1) is 14.3. The summed E-state index contributed by atoms with van der Waals surface area (Å²) in [5, 5.41) is 0. The van der Waals surface area contributed by atoms with Crippen molar-refractivity contribution in [3.8, 4) is 0 Å². The predicted molar refractivity (Wildman–Crippen MR) is 73.8 cm³/mol. The van der Waals surface area contributed by atoms with Gasteiger partial charge in [-0.2, -0.15) is 0 Å². The van der Waals surface area contributed by atoms with Gasteiger partial charge in [0.05, 0.1) is 0 Å². The number of hydrogen-bond acceptors (Lipinski definition) is 1. The highest BCUT2D eigenvalue weighted by atomic mass is 79.9. The van der Waals surface area contributed by atoms with E-state index in [1.165, 1.54) is 0 Å². The minimum atomic E-state index is -0.223. The van der Waals surface area contributed by atoms with Crippen LogP contribution in [-0.2, 0) is 10.2 Å².